The molecular weight excluding hydrogens is 146 g/mol. The molecule has 0 atom stereocenters. The minimum Gasteiger partial charge on any atom is -0.394 e. The van der Waals surface area contributed by atoms with Crippen molar-refractivity contribution in [2.45, 2.75) is 13.3 Å². The molecule has 66 valence electrons. The molecule has 0 radical (unpaired) electrons. The molecular formula is C7H15NO3. The molecule has 0 saturated carbocycles. The molecule has 0 spiro atoms. The maximum absolute atomic E-state index is 10.8. The van der Waals surface area contributed by atoms with E-state index in [1.165, 1.54) is 0 Å². The second-order valence-electron chi connectivity index (χ2n) is 2.04. The molecule has 0 aliphatic heterocycles. The highest BCUT2D eigenvalue weighted by Gasteiger charge is 1.97. The zero-order valence-corrected chi connectivity index (χ0v) is 6.80. The van der Waals surface area contributed by atoms with Crippen LogP contribution >= 0.6 is 0 Å². The van der Waals surface area contributed by atoms with Gasteiger partial charge < -0.3 is 15.2 Å². The fourth-order valence-corrected chi connectivity index (χ4v) is 0.617. The van der Waals surface area contributed by atoms with E-state index >= 15 is 0 Å². The zero-order chi connectivity index (χ0) is 8.53. The normalized spacial score (nSPS) is 9.64. The van der Waals surface area contributed by atoms with Gasteiger partial charge >= 0.3 is 0 Å². The van der Waals surface area contributed by atoms with Gasteiger partial charge in [0.1, 0.15) is 0 Å². The van der Waals surface area contributed by atoms with E-state index in [1.54, 1.807) is 0 Å². The lowest BCUT2D eigenvalue weighted by Crippen LogP contribution is -2.23. The Labute approximate surface area is 66.5 Å². The average molecular weight is 161 g/mol. The van der Waals surface area contributed by atoms with Crippen LogP contribution < -0.4 is 5.32 Å². The summed E-state index contributed by atoms with van der Waals surface area (Å²) in [6, 6.07) is 0. The second kappa shape index (κ2) is 7.50. The Morgan fingerprint density at radius 3 is 2.82 bits per heavy atom. The van der Waals surface area contributed by atoms with Gasteiger partial charge in [-0.05, 0) is 6.92 Å². The first-order valence-electron chi connectivity index (χ1n) is 3.76. The van der Waals surface area contributed by atoms with E-state index in [0.717, 1.165) is 0 Å². The molecule has 0 rings (SSSR count). The van der Waals surface area contributed by atoms with Crippen molar-refractivity contribution < 1.29 is 14.6 Å². The molecule has 0 saturated heterocycles. The van der Waals surface area contributed by atoms with Gasteiger partial charge in [-0.1, -0.05) is 0 Å². The third-order valence-electron chi connectivity index (χ3n) is 1.08. The van der Waals surface area contributed by atoms with Gasteiger partial charge in [0, 0.05) is 13.0 Å². The van der Waals surface area contributed by atoms with Crippen molar-refractivity contribution in [1.29, 1.82) is 0 Å². The Hall–Kier alpha value is -0.610. The highest BCUT2D eigenvalue weighted by molar-refractivity contribution is 5.75. The topological polar surface area (TPSA) is 58.6 Å². The lowest BCUT2D eigenvalue weighted by atomic mass is 10.4. The smallest absolute Gasteiger partial charge is 0.222 e. The summed E-state index contributed by atoms with van der Waals surface area (Å²) in [6.45, 7) is 3.21. The van der Waals surface area contributed by atoms with Crippen molar-refractivity contribution in [1.82, 2.24) is 5.32 Å². The van der Waals surface area contributed by atoms with Gasteiger partial charge in [0.25, 0.3) is 0 Å². The first-order valence-corrected chi connectivity index (χ1v) is 3.76. The Morgan fingerprint density at radius 2 is 2.27 bits per heavy atom. The highest BCUT2D eigenvalue weighted by Crippen LogP contribution is 1.81. The van der Waals surface area contributed by atoms with Crippen LogP contribution in [0, 0.1) is 0 Å². The molecule has 0 aromatic carbocycles. The molecule has 1 amide bonds. The van der Waals surface area contributed by atoms with Gasteiger partial charge in [0.15, 0.2) is 0 Å². The summed E-state index contributed by atoms with van der Waals surface area (Å²) in [5.74, 6) is -0.00885. The fourth-order valence-electron chi connectivity index (χ4n) is 0.617. The van der Waals surface area contributed by atoms with Gasteiger partial charge in [-0.25, -0.2) is 0 Å². The molecule has 0 aliphatic carbocycles. The number of carbonyl (C=O) groups excluding carboxylic acids is 1. The van der Waals surface area contributed by atoms with E-state index in [0.29, 0.717) is 26.2 Å². The summed E-state index contributed by atoms with van der Waals surface area (Å²) in [5.41, 5.74) is 0. The van der Waals surface area contributed by atoms with E-state index in [2.05, 4.69) is 5.32 Å². The molecule has 4 heteroatoms. The number of rotatable bonds is 6. The predicted molar refractivity (Wildman–Crippen MR) is 41.2 cm³/mol. The van der Waals surface area contributed by atoms with Crippen LogP contribution in [0.5, 0.6) is 0 Å². The Morgan fingerprint density at radius 1 is 1.55 bits per heavy atom. The molecule has 4 nitrogen and oxygen atoms in total. The maximum Gasteiger partial charge on any atom is 0.222 e. The Kier molecular flexibility index (Phi) is 7.08. The van der Waals surface area contributed by atoms with Crippen LogP contribution in [-0.4, -0.2) is 37.4 Å². The summed E-state index contributed by atoms with van der Waals surface area (Å²) in [5, 5.41) is 11.0. The molecule has 0 aliphatic rings. The minimum atomic E-state index is -0.00885. The fraction of sp³-hybridized carbons (Fsp3) is 0.857. The number of carbonyl (C=O) groups is 1. The minimum absolute atomic E-state index is 0.00885. The van der Waals surface area contributed by atoms with E-state index < -0.39 is 0 Å². The molecule has 0 bridgehead atoms. The van der Waals surface area contributed by atoms with E-state index in [-0.39, 0.29) is 12.5 Å². The Bertz CT molecular complexity index is 106. The van der Waals surface area contributed by atoms with Crippen molar-refractivity contribution in [2.75, 3.05) is 26.4 Å². The third-order valence-corrected chi connectivity index (χ3v) is 1.08. The second-order valence-corrected chi connectivity index (χ2v) is 2.04. The number of aliphatic hydroxyl groups is 1. The number of nitrogens with one attached hydrogen (secondary N) is 1. The molecule has 2 N–H and O–H groups in total. The van der Waals surface area contributed by atoms with E-state index in [4.69, 9.17) is 9.84 Å². The molecule has 0 aromatic rings. The summed E-state index contributed by atoms with van der Waals surface area (Å²) in [4.78, 5) is 10.8. The SMILES string of the molecule is CCNC(=O)CCOCCO. The van der Waals surface area contributed by atoms with Crippen LogP contribution in [0.15, 0.2) is 0 Å². The Balaban J connectivity index is 3.04. The quantitative estimate of drug-likeness (QED) is 0.517. The predicted octanol–water partition coefficient (Wildman–Crippen LogP) is -0.479. The summed E-state index contributed by atoms with van der Waals surface area (Å²) >= 11 is 0. The van der Waals surface area contributed by atoms with Crippen LogP contribution in [0.2, 0.25) is 0 Å². The van der Waals surface area contributed by atoms with Crippen LogP contribution in [0.1, 0.15) is 13.3 Å². The van der Waals surface area contributed by atoms with Gasteiger partial charge in [-0.3, -0.25) is 4.79 Å². The van der Waals surface area contributed by atoms with Crippen molar-refractivity contribution in [3.63, 3.8) is 0 Å². The first-order chi connectivity index (χ1) is 5.31. The number of aliphatic hydroxyl groups excluding tert-OH is 1. The number of hydrogen-bond acceptors (Lipinski definition) is 3. The van der Waals surface area contributed by atoms with Crippen LogP contribution in [0.4, 0.5) is 0 Å². The lowest BCUT2D eigenvalue weighted by Gasteiger charge is -2.01. The van der Waals surface area contributed by atoms with Crippen molar-refractivity contribution in [3.8, 4) is 0 Å². The van der Waals surface area contributed by atoms with Gasteiger partial charge in [0.05, 0.1) is 19.8 Å². The van der Waals surface area contributed by atoms with Crippen molar-refractivity contribution >= 4 is 5.91 Å². The maximum atomic E-state index is 10.8. The third kappa shape index (κ3) is 7.29. The average Bonchev–Trinajstić information content (AvgIpc) is 1.99. The molecule has 0 fully saturated rings. The molecule has 0 unspecified atom stereocenters. The van der Waals surface area contributed by atoms with E-state index in [1.807, 2.05) is 6.92 Å². The standard InChI is InChI=1S/C7H15NO3/c1-2-8-7(10)3-5-11-6-4-9/h9H,2-6H2,1H3,(H,8,10). The first kappa shape index (κ1) is 10.4. The van der Waals surface area contributed by atoms with Gasteiger partial charge in [-0.15, -0.1) is 0 Å². The number of ether oxygens (including phenoxy) is 1. The highest BCUT2D eigenvalue weighted by atomic mass is 16.5. The van der Waals surface area contributed by atoms with Crippen LogP contribution in [-0.2, 0) is 9.53 Å². The molecule has 11 heavy (non-hydrogen) atoms. The molecule has 0 aromatic heterocycles. The van der Waals surface area contributed by atoms with Crippen molar-refractivity contribution in [3.05, 3.63) is 0 Å². The summed E-state index contributed by atoms with van der Waals surface area (Å²) in [6.07, 6.45) is 0.369. The van der Waals surface area contributed by atoms with Gasteiger partial charge in [-0.2, -0.15) is 0 Å². The molecule has 0 heterocycles. The van der Waals surface area contributed by atoms with Crippen LogP contribution in [0.25, 0.3) is 0 Å². The van der Waals surface area contributed by atoms with E-state index in [9.17, 15) is 4.79 Å². The van der Waals surface area contributed by atoms with Gasteiger partial charge in [0.2, 0.25) is 5.91 Å². The largest absolute Gasteiger partial charge is 0.394 e. The number of amides is 1. The number of hydrogen-bond donors (Lipinski definition) is 2. The summed E-state index contributed by atoms with van der Waals surface area (Å²) in [7, 11) is 0. The summed E-state index contributed by atoms with van der Waals surface area (Å²) < 4.78 is 4.89. The van der Waals surface area contributed by atoms with Crippen LogP contribution in [0.3, 0.4) is 0 Å². The van der Waals surface area contributed by atoms with Crippen molar-refractivity contribution in [2.24, 2.45) is 0 Å². The monoisotopic (exact) mass is 161 g/mol. The zero-order valence-electron chi connectivity index (χ0n) is 6.80. The lowest BCUT2D eigenvalue weighted by molar-refractivity contribution is -0.122.